The molecule has 9 nitrogen and oxygen atoms in total. The van der Waals surface area contributed by atoms with Crippen molar-refractivity contribution in [1.29, 1.82) is 0 Å². The van der Waals surface area contributed by atoms with Crippen LogP contribution in [0.15, 0.2) is 78.1 Å². The van der Waals surface area contributed by atoms with Gasteiger partial charge in [-0.3, -0.25) is 0 Å². The molecule has 1 aliphatic carbocycles. The number of likely N-dealkylation sites (N-methyl/N-ethyl adjacent to an activating group) is 1. The Morgan fingerprint density at radius 3 is 2.35 bits per heavy atom. The highest BCUT2D eigenvalue weighted by Gasteiger charge is 2.36. The summed E-state index contributed by atoms with van der Waals surface area (Å²) in [5.41, 5.74) is 0.807. The quantitative estimate of drug-likeness (QED) is 0.160. The Balaban J connectivity index is 1.40. The van der Waals surface area contributed by atoms with E-state index in [0.717, 1.165) is 34.1 Å². The summed E-state index contributed by atoms with van der Waals surface area (Å²) in [5.74, 6) is -0.140. The van der Waals surface area contributed by atoms with E-state index in [1.54, 1.807) is 18.2 Å². The first-order chi connectivity index (χ1) is 23.2. The number of hydrogen-bond donors (Lipinski definition) is 1. The zero-order valence-electron chi connectivity index (χ0n) is 27.2. The van der Waals surface area contributed by atoms with Gasteiger partial charge in [-0.15, -0.1) is 0 Å². The molecule has 5 rings (SSSR count). The van der Waals surface area contributed by atoms with Gasteiger partial charge >= 0.3 is 6.18 Å². The van der Waals surface area contributed by atoms with Crippen LogP contribution in [0.1, 0.15) is 41.9 Å². The Bertz CT molecular complexity index is 1870. The number of sulfonamides is 1. The Morgan fingerprint density at radius 1 is 1.00 bits per heavy atom. The number of nitrogens with zero attached hydrogens (tertiary/aromatic N) is 4. The summed E-state index contributed by atoms with van der Waals surface area (Å²) in [4.78, 5) is 9.35. The van der Waals surface area contributed by atoms with Crippen LogP contribution < -0.4 is 19.1 Å². The van der Waals surface area contributed by atoms with Crippen molar-refractivity contribution in [2.45, 2.75) is 54.9 Å². The molecular weight excluding hydrogens is 686 g/mol. The minimum absolute atomic E-state index is 0.00391. The zero-order valence-corrected chi connectivity index (χ0v) is 28.8. The van der Waals surface area contributed by atoms with Gasteiger partial charge in [0.15, 0.2) is 0 Å². The molecule has 49 heavy (non-hydrogen) atoms. The topological polar surface area (TPSA) is 96.9 Å². The largest absolute Gasteiger partial charge is 0.497 e. The highest BCUT2D eigenvalue weighted by atomic mass is 35.5. The first-order valence-electron chi connectivity index (χ1n) is 15.3. The fourth-order valence-corrected chi connectivity index (χ4v) is 7.90. The van der Waals surface area contributed by atoms with Crippen molar-refractivity contribution in [3.05, 3.63) is 101 Å². The summed E-state index contributed by atoms with van der Waals surface area (Å²) in [5, 5.41) is 3.30. The second-order valence-electron chi connectivity index (χ2n) is 11.9. The Kier molecular flexibility index (Phi) is 10.9. The van der Waals surface area contributed by atoms with Crippen LogP contribution >= 0.6 is 11.6 Å². The number of ether oxygens (including phenoxy) is 2. The van der Waals surface area contributed by atoms with E-state index in [0.29, 0.717) is 36.3 Å². The van der Waals surface area contributed by atoms with Crippen molar-refractivity contribution >= 4 is 33.1 Å². The third kappa shape index (κ3) is 8.03. The number of alkyl halides is 3. The minimum Gasteiger partial charge on any atom is -0.497 e. The van der Waals surface area contributed by atoms with E-state index < -0.39 is 32.5 Å². The fraction of sp³-hybridized carbons (Fsp3) is 0.353. The number of hydrogen-bond acceptors (Lipinski definition) is 8. The molecule has 1 N–H and O–H groups in total. The van der Waals surface area contributed by atoms with Gasteiger partial charge in [0, 0.05) is 36.0 Å². The van der Waals surface area contributed by atoms with Gasteiger partial charge in [0.2, 0.25) is 0 Å². The van der Waals surface area contributed by atoms with E-state index >= 15 is 4.39 Å². The van der Waals surface area contributed by atoms with Crippen LogP contribution in [0.5, 0.6) is 11.5 Å². The number of benzene rings is 3. The van der Waals surface area contributed by atoms with Gasteiger partial charge in [0.25, 0.3) is 10.0 Å². The molecule has 262 valence electrons. The smallest absolute Gasteiger partial charge is 0.416 e. The number of rotatable bonds is 11. The first kappa shape index (κ1) is 36.1. The predicted octanol–water partition coefficient (Wildman–Crippen LogP) is 7.38. The highest BCUT2D eigenvalue weighted by molar-refractivity contribution is 7.92. The average molecular weight is 722 g/mol. The average Bonchev–Trinajstić information content (AvgIpc) is 3.08. The van der Waals surface area contributed by atoms with Crippen molar-refractivity contribution in [2.24, 2.45) is 0 Å². The lowest BCUT2D eigenvalue weighted by molar-refractivity contribution is -0.137. The third-order valence-electron chi connectivity index (χ3n) is 8.75. The molecule has 0 amide bonds. The normalized spacial score (nSPS) is 18.3. The molecule has 0 radical (unpaired) electrons. The van der Waals surface area contributed by atoms with E-state index in [1.165, 1.54) is 44.9 Å². The molecule has 0 spiro atoms. The molecule has 15 heteroatoms. The second kappa shape index (κ2) is 14.8. The van der Waals surface area contributed by atoms with Crippen molar-refractivity contribution in [1.82, 2.24) is 14.9 Å². The van der Waals surface area contributed by atoms with E-state index in [-0.39, 0.29) is 41.1 Å². The monoisotopic (exact) mass is 721 g/mol. The van der Waals surface area contributed by atoms with Crippen molar-refractivity contribution in [2.75, 3.05) is 37.9 Å². The van der Waals surface area contributed by atoms with Crippen LogP contribution in [0.25, 0.3) is 0 Å². The second-order valence-corrected chi connectivity index (χ2v) is 14.2. The maximum absolute atomic E-state index is 15.9. The van der Waals surface area contributed by atoms with Crippen LogP contribution in [-0.2, 0) is 22.7 Å². The van der Waals surface area contributed by atoms with Crippen LogP contribution in [-0.4, -0.2) is 63.7 Å². The summed E-state index contributed by atoms with van der Waals surface area (Å²) in [6.45, 7) is -0.254. The van der Waals surface area contributed by atoms with E-state index in [9.17, 15) is 21.6 Å². The SMILES string of the molecule is COc1ccc(CN(c2ccncn2)S(=O)(=O)c2cc(Cl)c(NC3CC[C@H](c4ccc(C(F)(F)F)cc4)C[C@@H]3N(C)C)cc2F)c(OC)c1. The lowest BCUT2D eigenvalue weighted by Crippen LogP contribution is -2.47. The predicted molar refractivity (Wildman–Crippen MR) is 179 cm³/mol. The summed E-state index contributed by atoms with van der Waals surface area (Å²) in [6, 6.07) is 13.4. The molecule has 1 aromatic heterocycles. The molecule has 3 atom stereocenters. The van der Waals surface area contributed by atoms with Gasteiger partial charge < -0.3 is 19.7 Å². The van der Waals surface area contributed by atoms with Crippen LogP contribution in [0.3, 0.4) is 0 Å². The zero-order chi connectivity index (χ0) is 35.5. The maximum Gasteiger partial charge on any atom is 0.416 e. The Morgan fingerprint density at radius 2 is 1.73 bits per heavy atom. The van der Waals surface area contributed by atoms with Gasteiger partial charge in [0.1, 0.15) is 34.4 Å². The molecule has 1 aliphatic rings. The molecule has 0 bridgehead atoms. The van der Waals surface area contributed by atoms with Crippen molar-refractivity contribution in [3.8, 4) is 11.5 Å². The fourth-order valence-electron chi connectivity index (χ4n) is 6.15. The highest BCUT2D eigenvalue weighted by Crippen LogP contribution is 2.39. The molecule has 0 aliphatic heterocycles. The molecule has 1 saturated carbocycles. The molecular formula is C34H36ClF4N5O4S. The summed E-state index contributed by atoms with van der Waals surface area (Å²) in [6.07, 6.45) is 0.0620. The molecule has 1 unspecified atom stereocenters. The van der Waals surface area contributed by atoms with E-state index in [2.05, 4.69) is 15.3 Å². The van der Waals surface area contributed by atoms with Gasteiger partial charge in [-0.05, 0) is 81.2 Å². The lowest BCUT2D eigenvalue weighted by Gasteiger charge is -2.41. The van der Waals surface area contributed by atoms with Crippen molar-refractivity contribution in [3.63, 3.8) is 0 Å². The number of methoxy groups -OCH3 is 2. The van der Waals surface area contributed by atoms with Crippen LogP contribution in [0.2, 0.25) is 5.02 Å². The van der Waals surface area contributed by atoms with Gasteiger partial charge in [0.05, 0.1) is 37.0 Å². The Labute approximate surface area is 287 Å². The van der Waals surface area contributed by atoms with Crippen LogP contribution in [0, 0.1) is 5.82 Å². The number of aromatic nitrogens is 2. The maximum atomic E-state index is 15.9. The number of anilines is 2. The number of halogens is 5. The van der Waals surface area contributed by atoms with Gasteiger partial charge in [-0.2, -0.15) is 13.2 Å². The molecule has 3 aromatic carbocycles. The van der Waals surface area contributed by atoms with Gasteiger partial charge in [-0.1, -0.05) is 23.7 Å². The van der Waals surface area contributed by atoms with E-state index in [1.807, 2.05) is 19.0 Å². The Hall–Kier alpha value is -4.14. The molecule has 4 aromatic rings. The van der Waals surface area contributed by atoms with Crippen LogP contribution in [0.4, 0.5) is 29.1 Å². The standard InChI is InChI=1S/C34H36ClF4N5O4S/c1-43(2)30-15-22(21-5-9-24(10-6-21)34(37,38)39)8-12-28(30)42-29-18-27(36)32(17-26(29)35)49(45,46)44(33-13-14-40-20-41-33)19-23-7-11-25(47-3)16-31(23)48-4/h5-7,9-11,13-14,16-18,20,22,28,30,42H,8,12,15,19H2,1-4H3/t22-,28?,30-/m0/s1. The first-order valence-corrected chi connectivity index (χ1v) is 17.1. The summed E-state index contributed by atoms with van der Waals surface area (Å²) < 4.78 is 95.1. The minimum atomic E-state index is -4.58. The van der Waals surface area contributed by atoms with Crippen molar-refractivity contribution < 1.29 is 35.5 Å². The molecule has 1 heterocycles. The molecule has 1 fully saturated rings. The summed E-state index contributed by atoms with van der Waals surface area (Å²) >= 11 is 6.64. The molecule has 0 saturated heterocycles. The third-order valence-corrected chi connectivity index (χ3v) is 10.8. The lowest BCUT2D eigenvalue weighted by atomic mass is 9.78. The van der Waals surface area contributed by atoms with Gasteiger partial charge in [-0.25, -0.2) is 27.1 Å². The summed E-state index contributed by atoms with van der Waals surface area (Å²) in [7, 11) is 2.14. The number of nitrogens with one attached hydrogen (secondary N) is 1. The van der Waals surface area contributed by atoms with E-state index in [4.69, 9.17) is 21.1 Å².